The second-order valence-electron chi connectivity index (χ2n) is 4.45. The lowest BCUT2D eigenvalue weighted by molar-refractivity contribution is 0.549. The van der Waals surface area contributed by atoms with Crippen LogP contribution in [0.5, 0.6) is 0 Å². The molecule has 0 aliphatic rings. The number of hydrogen-bond donors (Lipinski definition) is 0. The highest BCUT2D eigenvalue weighted by Gasteiger charge is 2.13. The van der Waals surface area contributed by atoms with Crippen LogP contribution in [0.1, 0.15) is 17.0 Å². The first kappa shape index (κ1) is 12.4. The van der Waals surface area contributed by atoms with E-state index in [4.69, 9.17) is 0 Å². The fourth-order valence-electron chi connectivity index (χ4n) is 1.94. The Morgan fingerprint density at radius 2 is 1.44 bits per heavy atom. The predicted octanol–water partition coefficient (Wildman–Crippen LogP) is 2.99. The van der Waals surface area contributed by atoms with Gasteiger partial charge < -0.3 is 4.90 Å². The Bertz CT molecular complexity index is 502. The molecule has 0 amide bonds. The van der Waals surface area contributed by atoms with Crippen molar-refractivity contribution >= 4 is 12.0 Å². The van der Waals surface area contributed by atoms with Crippen LogP contribution in [-0.4, -0.2) is 20.4 Å². The third-order valence-corrected chi connectivity index (χ3v) is 2.99. The van der Waals surface area contributed by atoms with Gasteiger partial charge in [0.15, 0.2) is 0 Å². The minimum Gasteiger partial charge on any atom is -0.378 e. The summed E-state index contributed by atoms with van der Waals surface area (Å²) < 4.78 is 0. The van der Waals surface area contributed by atoms with Gasteiger partial charge in [-0.05, 0) is 23.3 Å². The average molecular weight is 238 g/mol. The number of hydrogen-bond acceptors (Lipinski definition) is 2. The molecule has 0 spiro atoms. The van der Waals surface area contributed by atoms with E-state index in [1.165, 1.54) is 0 Å². The average Bonchev–Trinajstić information content (AvgIpc) is 2.41. The Hall–Kier alpha value is -2.09. The van der Waals surface area contributed by atoms with Crippen molar-refractivity contribution in [2.24, 2.45) is 0 Å². The molecule has 2 heteroatoms. The lowest BCUT2D eigenvalue weighted by Crippen LogP contribution is -2.09. The van der Waals surface area contributed by atoms with Gasteiger partial charge in [-0.1, -0.05) is 42.5 Å². The summed E-state index contributed by atoms with van der Waals surface area (Å²) in [5, 5.41) is 0. The zero-order valence-electron chi connectivity index (χ0n) is 10.6. The first-order valence-corrected chi connectivity index (χ1v) is 5.92. The van der Waals surface area contributed by atoms with Crippen LogP contribution in [0, 0.1) is 0 Å². The number of anilines is 1. The minimum atomic E-state index is -0.303. The third kappa shape index (κ3) is 2.59. The summed E-state index contributed by atoms with van der Waals surface area (Å²) in [6, 6.07) is 17.7. The van der Waals surface area contributed by atoms with Crippen molar-refractivity contribution in [3.05, 3.63) is 65.7 Å². The zero-order chi connectivity index (χ0) is 13.0. The lowest BCUT2D eigenvalue weighted by Gasteiger charge is -2.15. The van der Waals surface area contributed by atoms with Gasteiger partial charge in [-0.2, -0.15) is 0 Å². The van der Waals surface area contributed by atoms with Crippen molar-refractivity contribution in [2.75, 3.05) is 19.0 Å². The van der Waals surface area contributed by atoms with Crippen molar-refractivity contribution in [3.63, 3.8) is 0 Å². The highest BCUT2D eigenvalue weighted by atomic mass is 16.1. The summed E-state index contributed by atoms with van der Waals surface area (Å²) in [4.78, 5) is 13.2. The van der Waals surface area contributed by atoms with Gasteiger partial charge in [-0.25, -0.2) is 0 Å². The fourth-order valence-corrected chi connectivity index (χ4v) is 1.94. The summed E-state index contributed by atoms with van der Waals surface area (Å²) >= 11 is 0. The maximum absolute atomic E-state index is 11.2. The van der Waals surface area contributed by atoms with E-state index in [2.05, 4.69) is 6.29 Å². The minimum absolute atomic E-state index is 0.303. The Morgan fingerprint density at radius 1 is 0.889 bits per heavy atom. The van der Waals surface area contributed by atoms with Crippen molar-refractivity contribution in [1.82, 2.24) is 0 Å². The van der Waals surface area contributed by atoms with E-state index >= 15 is 0 Å². The quantitative estimate of drug-likeness (QED) is 0.816. The summed E-state index contributed by atoms with van der Waals surface area (Å²) in [5.74, 6) is -0.303. The number of rotatable bonds is 4. The van der Waals surface area contributed by atoms with Crippen LogP contribution in [0.4, 0.5) is 5.69 Å². The first-order valence-electron chi connectivity index (χ1n) is 5.92. The van der Waals surface area contributed by atoms with Gasteiger partial charge in [0.1, 0.15) is 0 Å². The maximum atomic E-state index is 11.2. The van der Waals surface area contributed by atoms with Gasteiger partial charge >= 0.3 is 0 Å². The molecule has 1 atom stereocenters. The monoisotopic (exact) mass is 238 g/mol. The van der Waals surface area contributed by atoms with E-state index in [9.17, 15) is 4.79 Å². The van der Waals surface area contributed by atoms with E-state index in [1.54, 1.807) is 0 Å². The number of benzene rings is 2. The first-order chi connectivity index (χ1) is 8.72. The van der Waals surface area contributed by atoms with Crippen LogP contribution in [0.15, 0.2) is 54.6 Å². The second kappa shape index (κ2) is 5.50. The number of carbonyl (C=O) groups excluding carboxylic acids is 1. The Balaban J connectivity index is 2.31. The summed E-state index contributed by atoms with van der Waals surface area (Å²) in [7, 11) is 3.99. The van der Waals surface area contributed by atoms with Gasteiger partial charge in [0, 0.05) is 19.8 Å². The molecule has 2 aromatic rings. The highest BCUT2D eigenvalue weighted by molar-refractivity contribution is 5.69. The third-order valence-electron chi connectivity index (χ3n) is 2.99. The molecule has 1 unspecified atom stereocenters. The Kier molecular flexibility index (Phi) is 3.78. The SMILES string of the molecule is CN(C)c1ccc(C([C]=O)c2ccccc2)cc1. The molecule has 0 aromatic heterocycles. The summed E-state index contributed by atoms with van der Waals surface area (Å²) in [6.07, 6.45) is 2.12. The molecule has 2 aromatic carbocycles. The molecule has 2 rings (SSSR count). The molecule has 0 aliphatic carbocycles. The van der Waals surface area contributed by atoms with E-state index < -0.39 is 0 Å². The molecule has 2 nitrogen and oxygen atoms in total. The van der Waals surface area contributed by atoms with Crippen molar-refractivity contribution in [3.8, 4) is 0 Å². The molecule has 0 heterocycles. The standard InChI is InChI=1S/C16H16NO/c1-17(2)15-10-8-14(9-11-15)16(12-18)13-6-4-3-5-7-13/h3-11,16H,1-2H3. The van der Waals surface area contributed by atoms with Gasteiger partial charge in [0.25, 0.3) is 0 Å². The van der Waals surface area contributed by atoms with Crippen LogP contribution >= 0.6 is 0 Å². The Morgan fingerprint density at radius 3 is 1.94 bits per heavy atom. The van der Waals surface area contributed by atoms with Gasteiger partial charge in [0.2, 0.25) is 6.29 Å². The summed E-state index contributed by atoms with van der Waals surface area (Å²) in [6.45, 7) is 0. The molecule has 91 valence electrons. The summed E-state index contributed by atoms with van der Waals surface area (Å²) in [5.41, 5.74) is 3.07. The van der Waals surface area contributed by atoms with Crippen molar-refractivity contribution < 1.29 is 4.79 Å². The highest BCUT2D eigenvalue weighted by Crippen LogP contribution is 2.24. The van der Waals surface area contributed by atoms with Crippen LogP contribution in [0.25, 0.3) is 0 Å². The molecule has 1 radical (unpaired) electrons. The topological polar surface area (TPSA) is 20.3 Å². The van der Waals surface area contributed by atoms with E-state index in [1.807, 2.05) is 73.6 Å². The second-order valence-corrected chi connectivity index (χ2v) is 4.45. The van der Waals surface area contributed by atoms with Gasteiger partial charge in [0.05, 0.1) is 5.92 Å². The molecule has 0 N–H and O–H groups in total. The largest absolute Gasteiger partial charge is 0.378 e. The van der Waals surface area contributed by atoms with E-state index in [0.29, 0.717) is 0 Å². The van der Waals surface area contributed by atoms with Crippen LogP contribution in [-0.2, 0) is 4.79 Å². The van der Waals surface area contributed by atoms with Crippen molar-refractivity contribution in [2.45, 2.75) is 5.92 Å². The van der Waals surface area contributed by atoms with Crippen molar-refractivity contribution in [1.29, 1.82) is 0 Å². The zero-order valence-corrected chi connectivity index (χ0v) is 10.6. The Labute approximate surface area is 108 Å². The number of nitrogens with zero attached hydrogens (tertiary/aromatic N) is 1. The molecule has 0 bridgehead atoms. The fraction of sp³-hybridized carbons (Fsp3) is 0.188. The molecule has 0 saturated heterocycles. The lowest BCUT2D eigenvalue weighted by atomic mass is 9.92. The normalized spacial score (nSPS) is 11.9. The van der Waals surface area contributed by atoms with E-state index in [-0.39, 0.29) is 5.92 Å². The van der Waals surface area contributed by atoms with E-state index in [0.717, 1.165) is 16.8 Å². The molecule has 0 aliphatic heterocycles. The van der Waals surface area contributed by atoms with Gasteiger partial charge in [-0.3, -0.25) is 4.79 Å². The predicted molar refractivity (Wildman–Crippen MR) is 74.7 cm³/mol. The molecule has 18 heavy (non-hydrogen) atoms. The molecule has 0 saturated carbocycles. The van der Waals surface area contributed by atoms with Crippen LogP contribution in [0.2, 0.25) is 0 Å². The molecular formula is C16H16NO. The van der Waals surface area contributed by atoms with Crippen LogP contribution in [0.3, 0.4) is 0 Å². The molecule has 0 fully saturated rings. The maximum Gasteiger partial charge on any atom is 0.211 e. The molecular weight excluding hydrogens is 222 g/mol. The van der Waals surface area contributed by atoms with Gasteiger partial charge in [-0.15, -0.1) is 0 Å². The smallest absolute Gasteiger partial charge is 0.211 e. The van der Waals surface area contributed by atoms with Crippen LogP contribution < -0.4 is 4.90 Å².